The Kier molecular flexibility index (Phi) is 3.62. The molecule has 0 atom stereocenters. The minimum atomic E-state index is -1.35. The van der Waals surface area contributed by atoms with E-state index in [9.17, 15) is 9.59 Å². The second-order valence-electron chi connectivity index (χ2n) is 6.25. The molecule has 128 valence electrons. The molecular formula is C22H16O4. The molecule has 0 unspecified atom stereocenters. The van der Waals surface area contributed by atoms with Crippen LogP contribution in [0.5, 0.6) is 0 Å². The monoisotopic (exact) mass is 344 g/mol. The molecule has 0 spiro atoms. The van der Waals surface area contributed by atoms with Gasteiger partial charge in [-0.3, -0.25) is 4.79 Å². The van der Waals surface area contributed by atoms with E-state index in [1.54, 1.807) is 55.5 Å². The SMILES string of the molecule is C=C(C)C(=O)OC1(c2ccco2)c2ccccc2C(=O)c2ccccc21. The van der Waals surface area contributed by atoms with E-state index in [1.807, 2.05) is 12.1 Å². The molecule has 0 saturated carbocycles. The number of carbonyl (C=O) groups excluding carboxylic acids is 2. The topological polar surface area (TPSA) is 56.5 Å². The van der Waals surface area contributed by atoms with Crippen molar-refractivity contribution in [3.63, 3.8) is 0 Å². The highest BCUT2D eigenvalue weighted by Crippen LogP contribution is 2.47. The van der Waals surface area contributed by atoms with Crippen LogP contribution in [0.3, 0.4) is 0 Å². The Morgan fingerprint density at radius 2 is 1.54 bits per heavy atom. The molecule has 0 N–H and O–H groups in total. The molecule has 0 bridgehead atoms. The molecule has 1 heterocycles. The third-order valence-electron chi connectivity index (χ3n) is 4.56. The minimum absolute atomic E-state index is 0.107. The van der Waals surface area contributed by atoms with Gasteiger partial charge in [-0.05, 0) is 19.1 Å². The van der Waals surface area contributed by atoms with Crippen molar-refractivity contribution in [1.82, 2.24) is 0 Å². The third-order valence-corrected chi connectivity index (χ3v) is 4.56. The van der Waals surface area contributed by atoms with Gasteiger partial charge in [0, 0.05) is 27.8 Å². The summed E-state index contributed by atoms with van der Waals surface area (Å²) in [6, 6.07) is 17.7. The molecule has 4 heteroatoms. The summed E-state index contributed by atoms with van der Waals surface area (Å²) in [6.07, 6.45) is 1.52. The summed E-state index contributed by atoms with van der Waals surface area (Å²) in [7, 11) is 0. The van der Waals surface area contributed by atoms with Gasteiger partial charge in [0.1, 0.15) is 0 Å². The lowest BCUT2D eigenvalue weighted by atomic mass is 9.72. The first-order valence-electron chi connectivity index (χ1n) is 8.22. The third kappa shape index (κ3) is 2.15. The van der Waals surface area contributed by atoms with Crippen molar-refractivity contribution < 1.29 is 18.7 Å². The number of fused-ring (bicyclic) bond motifs is 2. The van der Waals surface area contributed by atoms with Crippen LogP contribution < -0.4 is 0 Å². The average Bonchev–Trinajstić information content (AvgIpc) is 3.20. The highest BCUT2D eigenvalue weighted by molar-refractivity contribution is 6.13. The number of benzene rings is 2. The highest BCUT2D eigenvalue weighted by atomic mass is 16.6. The second kappa shape index (κ2) is 5.85. The van der Waals surface area contributed by atoms with Gasteiger partial charge in [-0.2, -0.15) is 0 Å². The van der Waals surface area contributed by atoms with Crippen molar-refractivity contribution in [2.45, 2.75) is 12.5 Å². The summed E-state index contributed by atoms with van der Waals surface area (Å²) in [5.41, 5.74) is 1.04. The first kappa shape index (κ1) is 16.1. The van der Waals surface area contributed by atoms with Gasteiger partial charge in [-0.1, -0.05) is 55.1 Å². The lowest BCUT2D eigenvalue weighted by Gasteiger charge is -2.38. The van der Waals surface area contributed by atoms with Crippen LogP contribution in [0, 0.1) is 0 Å². The van der Waals surface area contributed by atoms with Crippen molar-refractivity contribution in [3.8, 4) is 0 Å². The van der Waals surface area contributed by atoms with Crippen LogP contribution in [0.2, 0.25) is 0 Å². The molecule has 0 aliphatic heterocycles. The normalized spacial score (nSPS) is 14.3. The van der Waals surface area contributed by atoms with E-state index in [1.165, 1.54) is 6.26 Å². The quantitative estimate of drug-likeness (QED) is 0.527. The van der Waals surface area contributed by atoms with Gasteiger partial charge >= 0.3 is 5.97 Å². The van der Waals surface area contributed by atoms with Crippen molar-refractivity contribution >= 4 is 11.8 Å². The van der Waals surface area contributed by atoms with Crippen LogP contribution in [-0.4, -0.2) is 11.8 Å². The maximum atomic E-state index is 13.0. The van der Waals surface area contributed by atoms with E-state index in [4.69, 9.17) is 9.15 Å². The minimum Gasteiger partial charge on any atom is -0.464 e. The fourth-order valence-electron chi connectivity index (χ4n) is 3.40. The standard InChI is InChI=1S/C22H16O4/c1-14(2)21(24)26-22(19-12-7-13-25-19)17-10-5-3-8-15(17)20(23)16-9-4-6-11-18(16)22/h3-13H,1H2,2H3. The Labute approximate surface area is 150 Å². The summed E-state index contributed by atoms with van der Waals surface area (Å²) in [5.74, 6) is -0.232. The van der Waals surface area contributed by atoms with Crippen molar-refractivity contribution in [2.75, 3.05) is 0 Å². The number of furan rings is 1. The Morgan fingerprint density at radius 3 is 2.04 bits per heavy atom. The van der Waals surface area contributed by atoms with Crippen LogP contribution in [0.1, 0.15) is 39.7 Å². The van der Waals surface area contributed by atoms with Gasteiger partial charge in [0.05, 0.1) is 6.26 Å². The first-order chi connectivity index (χ1) is 12.6. The van der Waals surface area contributed by atoms with E-state index in [2.05, 4.69) is 6.58 Å². The van der Waals surface area contributed by atoms with Crippen molar-refractivity contribution in [2.24, 2.45) is 0 Å². The van der Waals surface area contributed by atoms with Crippen LogP contribution in [-0.2, 0) is 15.1 Å². The number of hydrogen-bond donors (Lipinski definition) is 0. The summed E-state index contributed by atoms with van der Waals surface area (Å²) >= 11 is 0. The van der Waals surface area contributed by atoms with Gasteiger partial charge < -0.3 is 9.15 Å². The number of ketones is 1. The van der Waals surface area contributed by atoms with E-state index in [0.717, 1.165) is 0 Å². The van der Waals surface area contributed by atoms with Gasteiger partial charge in [-0.25, -0.2) is 4.79 Å². The molecule has 0 fully saturated rings. The van der Waals surface area contributed by atoms with Gasteiger partial charge in [-0.15, -0.1) is 0 Å². The van der Waals surface area contributed by atoms with Crippen LogP contribution >= 0.6 is 0 Å². The zero-order valence-electron chi connectivity index (χ0n) is 14.2. The number of carbonyl (C=O) groups is 2. The van der Waals surface area contributed by atoms with Crippen LogP contribution in [0.15, 0.2) is 83.5 Å². The molecule has 1 aliphatic carbocycles. The van der Waals surface area contributed by atoms with Crippen molar-refractivity contribution in [1.29, 1.82) is 0 Å². The van der Waals surface area contributed by atoms with Crippen LogP contribution in [0.4, 0.5) is 0 Å². The fraction of sp³-hybridized carbons (Fsp3) is 0.0909. The lowest BCUT2D eigenvalue weighted by Crippen LogP contribution is -2.40. The molecule has 1 aliphatic rings. The maximum Gasteiger partial charge on any atom is 0.334 e. The number of hydrogen-bond acceptors (Lipinski definition) is 4. The van der Waals surface area contributed by atoms with E-state index in [0.29, 0.717) is 28.0 Å². The zero-order chi connectivity index (χ0) is 18.3. The molecule has 1 aromatic heterocycles. The molecule has 2 aromatic carbocycles. The summed E-state index contributed by atoms with van der Waals surface area (Å²) in [6.45, 7) is 5.28. The number of ether oxygens (including phenoxy) is 1. The zero-order valence-corrected chi connectivity index (χ0v) is 14.2. The van der Waals surface area contributed by atoms with E-state index >= 15 is 0 Å². The van der Waals surface area contributed by atoms with Crippen molar-refractivity contribution in [3.05, 3.63) is 107 Å². The van der Waals surface area contributed by atoms with Gasteiger partial charge in [0.25, 0.3) is 0 Å². The molecule has 4 rings (SSSR count). The first-order valence-corrected chi connectivity index (χ1v) is 8.22. The molecule has 0 amide bonds. The molecule has 3 aromatic rings. The lowest BCUT2D eigenvalue weighted by molar-refractivity contribution is -0.149. The summed E-state index contributed by atoms with van der Waals surface area (Å²) in [4.78, 5) is 25.6. The molecule has 26 heavy (non-hydrogen) atoms. The van der Waals surface area contributed by atoms with Gasteiger partial charge in [0.15, 0.2) is 11.5 Å². The second-order valence-corrected chi connectivity index (χ2v) is 6.25. The maximum absolute atomic E-state index is 13.0. The largest absolute Gasteiger partial charge is 0.464 e. The number of rotatable bonds is 3. The Hall–Kier alpha value is -3.40. The predicted molar refractivity (Wildman–Crippen MR) is 95.8 cm³/mol. The van der Waals surface area contributed by atoms with Crippen LogP contribution in [0.25, 0.3) is 0 Å². The van der Waals surface area contributed by atoms with E-state index < -0.39 is 11.6 Å². The predicted octanol–water partition coefficient (Wildman–Crippen LogP) is 4.24. The molecule has 0 radical (unpaired) electrons. The Balaban J connectivity index is 2.11. The van der Waals surface area contributed by atoms with Gasteiger partial charge in [0.2, 0.25) is 5.60 Å². The number of esters is 1. The smallest absolute Gasteiger partial charge is 0.334 e. The molecule has 0 saturated heterocycles. The fourth-order valence-corrected chi connectivity index (χ4v) is 3.40. The highest BCUT2D eigenvalue weighted by Gasteiger charge is 2.50. The Bertz CT molecular complexity index is 978. The molecule has 4 nitrogen and oxygen atoms in total. The Morgan fingerprint density at radius 1 is 0.962 bits per heavy atom. The molecular weight excluding hydrogens is 328 g/mol. The summed E-state index contributed by atoms with van der Waals surface area (Å²) in [5, 5.41) is 0. The van der Waals surface area contributed by atoms with E-state index in [-0.39, 0.29) is 11.4 Å². The average molecular weight is 344 g/mol. The summed E-state index contributed by atoms with van der Waals surface area (Å²) < 4.78 is 11.7.